The van der Waals surface area contributed by atoms with Crippen molar-refractivity contribution in [2.24, 2.45) is 5.92 Å². The van der Waals surface area contributed by atoms with Gasteiger partial charge in [0, 0.05) is 25.2 Å². The summed E-state index contributed by atoms with van der Waals surface area (Å²) in [4.78, 5) is 5.09. The van der Waals surface area contributed by atoms with Crippen molar-refractivity contribution < 1.29 is 0 Å². The molecule has 0 amide bonds. The van der Waals surface area contributed by atoms with E-state index < -0.39 is 0 Å². The second kappa shape index (κ2) is 6.17. The van der Waals surface area contributed by atoms with E-state index in [1.165, 1.54) is 45.3 Å². The average Bonchev–Trinajstić information content (AvgIpc) is 2.88. The summed E-state index contributed by atoms with van der Waals surface area (Å²) in [5.74, 6) is 0.906. The van der Waals surface area contributed by atoms with Crippen LogP contribution in [0, 0.1) is 5.92 Å². The fourth-order valence-electron chi connectivity index (χ4n) is 3.56. The molecule has 1 aliphatic carbocycles. The van der Waals surface area contributed by atoms with Crippen molar-refractivity contribution in [3.8, 4) is 0 Å². The van der Waals surface area contributed by atoms with Gasteiger partial charge in [-0.05, 0) is 58.8 Å². The summed E-state index contributed by atoms with van der Waals surface area (Å²) in [6.45, 7) is 7.23. The van der Waals surface area contributed by atoms with Gasteiger partial charge < -0.3 is 15.1 Å². The minimum atomic E-state index is 0.777. The first kappa shape index (κ1) is 13.3. The Morgan fingerprint density at radius 2 is 2.12 bits per heavy atom. The molecular weight excluding hydrogens is 210 g/mol. The van der Waals surface area contributed by atoms with Crippen LogP contribution in [0.2, 0.25) is 0 Å². The van der Waals surface area contributed by atoms with E-state index in [1.54, 1.807) is 0 Å². The molecule has 3 unspecified atom stereocenters. The van der Waals surface area contributed by atoms with E-state index in [0.717, 1.165) is 24.5 Å². The molecule has 0 bridgehead atoms. The van der Waals surface area contributed by atoms with Crippen LogP contribution in [0.25, 0.3) is 0 Å². The van der Waals surface area contributed by atoms with Gasteiger partial charge in [-0.2, -0.15) is 0 Å². The Morgan fingerprint density at radius 3 is 2.76 bits per heavy atom. The van der Waals surface area contributed by atoms with Gasteiger partial charge in [-0.3, -0.25) is 0 Å². The van der Waals surface area contributed by atoms with Crippen LogP contribution in [-0.4, -0.2) is 62.2 Å². The van der Waals surface area contributed by atoms with Crippen LogP contribution in [0.4, 0.5) is 0 Å². The SMILES string of the molecule is CCNC1CCC(N(C)CC2CCN(C)C2)C1. The zero-order valence-electron chi connectivity index (χ0n) is 11.8. The van der Waals surface area contributed by atoms with E-state index in [4.69, 9.17) is 0 Å². The van der Waals surface area contributed by atoms with Crippen LogP contribution >= 0.6 is 0 Å². The predicted molar refractivity (Wildman–Crippen MR) is 73.3 cm³/mol. The highest BCUT2D eigenvalue weighted by Crippen LogP contribution is 2.25. The fourth-order valence-corrected chi connectivity index (χ4v) is 3.56. The van der Waals surface area contributed by atoms with Crippen LogP contribution in [-0.2, 0) is 0 Å². The molecular formula is C14H29N3. The van der Waals surface area contributed by atoms with Gasteiger partial charge in [-0.1, -0.05) is 6.92 Å². The smallest absolute Gasteiger partial charge is 0.0108 e. The Bertz CT molecular complexity index is 232. The lowest BCUT2D eigenvalue weighted by Crippen LogP contribution is -2.36. The quantitative estimate of drug-likeness (QED) is 0.782. The number of rotatable bonds is 5. The predicted octanol–water partition coefficient (Wildman–Crippen LogP) is 1.40. The molecule has 1 N–H and O–H groups in total. The Labute approximate surface area is 107 Å². The van der Waals surface area contributed by atoms with Gasteiger partial charge in [0.25, 0.3) is 0 Å². The maximum atomic E-state index is 3.60. The highest BCUT2D eigenvalue weighted by atomic mass is 15.2. The van der Waals surface area contributed by atoms with Crippen LogP contribution in [0.15, 0.2) is 0 Å². The molecule has 0 radical (unpaired) electrons. The Balaban J connectivity index is 1.71. The molecule has 1 saturated heterocycles. The van der Waals surface area contributed by atoms with Gasteiger partial charge in [0.2, 0.25) is 0 Å². The van der Waals surface area contributed by atoms with Gasteiger partial charge in [-0.15, -0.1) is 0 Å². The fraction of sp³-hybridized carbons (Fsp3) is 1.00. The molecule has 2 aliphatic rings. The lowest BCUT2D eigenvalue weighted by Gasteiger charge is -2.27. The van der Waals surface area contributed by atoms with E-state index in [2.05, 4.69) is 36.1 Å². The highest BCUT2D eigenvalue weighted by Gasteiger charge is 2.29. The molecule has 3 heteroatoms. The van der Waals surface area contributed by atoms with E-state index in [-0.39, 0.29) is 0 Å². The summed E-state index contributed by atoms with van der Waals surface area (Å²) in [5, 5.41) is 3.60. The van der Waals surface area contributed by atoms with Crippen molar-refractivity contribution in [2.75, 3.05) is 40.3 Å². The molecule has 1 saturated carbocycles. The molecule has 0 aromatic carbocycles. The first-order valence-corrected chi connectivity index (χ1v) is 7.31. The number of hydrogen-bond donors (Lipinski definition) is 1. The molecule has 1 aliphatic heterocycles. The average molecular weight is 239 g/mol. The largest absolute Gasteiger partial charge is 0.314 e. The molecule has 100 valence electrons. The topological polar surface area (TPSA) is 18.5 Å². The third-order valence-electron chi connectivity index (χ3n) is 4.56. The number of hydrogen-bond acceptors (Lipinski definition) is 3. The van der Waals surface area contributed by atoms with Crippen LogP contribution < -0.4 is 5.32 Å². The second-order valence-corrected chi connectivity index (χ2v) is 6.08. The molecule has 1 heterocycles. The normalized spacial score (nSPS) is 34.9. The van der Waals surface area contributed by atoms with E-state index in [1.807, 2.05) is 0 Å². The van der Waals surface area contributed by atoms with E-state index >= 15 is 0 Å². The third-order valence-corrected chi connectivity index (χ3v) is 4.56. The Morgan fingerprint density at radius 1 is 1.29 bits per heavy atom. The monoisotopic (exact) mass is 239 g/mol. The molecule has 2 fully saturated rings. The maximum Gasteiger partial charge on any atom is 0.0108 e. The first-order valence-electron chi connectivity index (χ1n) is 7.31. The zero-order valence-corrected chi connectivity index (χ0v) is 11.8. The summed E-state index contributed by atoms with van der Waals surface area (Å²) in [6, 6.07) is 1.60. The molecule has 3 nitrogen and oxygen atoms in total. The van der Waals surface area contributed by atoms with Gasteiger partial charge in [-0.25, -0.2) is 0 Å². The molecule has 0 aromatic rings. The van der Waals surface area contributed by atoms with E-state index in [9.17, 15) is 0 Å². The van der Waals surface area contributed by atoms with Crippen LogP contribution in [0.5, 0.6) is 0 Å². The standard InChI is InChI=1S/C14H29N3/c1-4-15-13-5-6-14(9-13)17(3)11-12-7-8-16(2)10-12/h12-15H,4-11H2,1-3H3. The van der Waals surface area contributed by atoms with Gasteiger partial charge in [0.1, 0.15) is 0 Å². The van der Waals surface area contributed by atoms with Crippen molar-refractivity contribution in [2.45, 2.75) is 44.7 Å². The summed E-state index contributed by atoms with van der Waals surface area (Å²) in [7, 11) is 4.58. The highest BCUT2D eigenvalue weighted by molar-refractivity contribution is 4.87. The van der Waals surface area contributed by atoms with Crippen molar-refractivity contribution in [1.29, 1.82) is 0 Å². The number of likely N-dealkylation sites (tertiary alicyclic amines) is 1. The summed E-state index contributed by atoms with van der Waals surface area (Å²) >= 11 is 0. The molecule has 0 aromatic heterocycles. The van der Waals surface area contributed by atoms with Crippen LogP contribution in [0.3, 0.4) is 0 Å². The van der Waals surface area contributed by atoms with Crippen molar-refractivity contribution in [3.05, 3.63) is 0 Å². The van der Waals surface area contributed by atoms with Crippen molar-refractivity contribution in [3.63, 3.8) is 0 Å². The lowest BCUT2D eigenvalue weighted by molar-refractivity contribution is 0.206. The van der Waals surface area contributed by atoms with Gasteiger partial charge in [0.15, 0.2) is 0 Å². The summed E-state index contributed by atoms with van der Waals surface area (Å²) < 4.78 is 0. The molecule has 17 heavy (non-hydrogen) atoms. The minimum Gasteiger partial charge on any atom is -0.314 e. The van der Waals surface area contributed by atoms with Crippen molar-refractivity contribution in [1.82, 2.24) is 15.1 Å². The zero-order chi connectivity index (χ0) is 12.3. The Kier molecular flexibility index (Phi) is 4.83. The minimum absolute atomic E-state index is 0.777. The lowest BCUT2D eigenvalue weighted by atomic mass is 10.1. The van der Waals surface area contributed by atoms with E-state index in [0.29, 0.717) is 0 Å². The van der Waals surface area contributed by atoms with Crippen LogP contribution in [0.1, 0.15) is 32.6 Å². The van der Waals surface area contributed by atoms with Gasteiger partial charge >= 0.3 is 0 Å². The molecule has 3 atom stereocenters. The van der Waals surface area contributed by atoms with Gasteiger partial charge in [0.05, 0.1) is 0 Å². The number of nitrogens with zero attached hydrogens (tertiary/aromatic N) is 2. The summed E-state index contributed by atoms with van der Waals surface area (Å²) in [5.41, 5.74) is 0. The first-order chi connectivity index (χ1) is 8.19. The number of nitrogens with one attached hydrogen (secondary N) is 1. The Hall–Kier alpha value is -0.120. The second-order valence-electron chi connectivity index (χ2n) is 6.08. The molecule has 0 spiro atoms. The third kappa shape index (κ3) is 3.67. The maximum absolute atomic E-state index is 3.60. The summed E-state index contributed by atoms with van der Waals surface area (Å²) in [6.07, 6.45) is 5.50. The van der Waals surface area contributed by atoms with Crippen molar-refractivity contribution >= 4 is 0 Å². The molecule has 2 rings (SSSR count).